The quantitative estimate of drug-likeness (QED) is 0.516. The minimum Gasteiger partial charge on any atom is -0.197 e. The van der Waals surface area contributed by atoms with Crippen LogP contribution in [0.4, 0.5) is 0 Å². The number of thioether (sulfide) groups is 1. The van der Waals surface area contributed by atoms with Crippen LogP contribution in [0.1, 0.15) is 12.2 Å². The molecule has 3 rings (SSSR count). The van der Waals surface area contributed by atoms with Gasteiger partial charge in [0, 0.05) is 11.3 Å². The van der Waals surface area contributed by atoms with Gasteiger partial charge < -0.3 is 0 Å². The molecule has 0 spiro atoms. The molecule has 0 aliphatic heterocycles. The van der Waals surface area contributed by atoms with Gasteiger partial charge >= 0.3 is 0 Å². The van der Waals surface area contributed by atoms with Crippen LogP contribution in [0.15, 0.2) is 65.6 Å². The summed E-state index contributed by atoms with van der Waals surface area (Å²) in [5, 5.41) is 12.0. The van der Waals surface area contributed by atoms with Gasteiger partial charge in [0.2, 0.25) is 0 Å². The average Bonchev–Trinajstić information content (AvgIpc) is 3.02. The van der Waals surface area contributed by atoms with E-state index in [0.717, 1.165) is 30.1 Å². The molecule has 5 heteroatoms. The molecule has 1 heterocycles. The highest BCUT2D eigenvalue weighted by Gasteiger charge is 2.07. The number of aryl methyl sites for hydroxylation is 1. The van der Waals surface area contributed by atoms with E-state index in [1.54, 1.807) is 0 Å². The van der Waals surface area contributed by atoms with Gasteiger partial charge in [0.15, 0.2) is 5.82 Å². The van der Waals surface area contributed by atoms with Gasteiger partial charge in [-0.15, -0.1) is 16.9 Å². The van der Waals surface area contributed by atoms with Crippen LogP contribution in [0, 0.1) is 0 Å². The molecule has 0 amide bonds. The number of benzene rings is 2. The van der Waals surface area contributed by atoms with Crippen LogP contribution in [0.3, 0.4) is 0 Å². The minimum absolute atomic E-state index is 0.877. The lowest BCUT2D eigenvalue weighted by atomic mass is 10.3. The van der Waals surface area contributed by atoms with Crippen LogP contribution >= 0.6 is 11.8 Å². The van der Waals surface area contributed by atoms with Crippen LogP contribution in [0.5, 0.6) is 0 Å². The van der Waals surface area contributed by atoms with Crippen molar-refractivity contribution in [3.05, 3.63) is 66.5 Å². The molecule has 0 radical (unpaired) electrons. The molecule has 0 N–H and O–H groups in total. The number of aromatic nitrogens is 4. The number of hydrogen-bond acceptors (Lipinski definition) is 4. The van der Waals surface area contributed by atoms with Gasteiger partial charge in [0.1, 0.15) is 0 Å². The van der Waals surface area contributed by atoms with Gasteiger partial charge in [-0.3, -0.25) is 0 Å². The molecule has 0 unspecified atom stereocenters. The van der Waals surface area contributed by atoms with Crippen molar-refractivity contribution in [1.29, 1.82) is 0 Å². The summed E-state index contributed by atoms with van der Waals surface area (Å²) in [6.07, 6.45) is 1.93. The lowest BCUT2D eigenvalue weighted by Crippen LogP contribution is -2.03. The van der Waals surface area contributed by atoms with Crippen molar-refractivity contribution in [2.24, 2.45) is 0 Å². The summed E-state index contributed by atoms with van der Waals surface area (Å²) in [7, 11) is 0. The summed E-state index contributed by atoms with van der Waals surface area (Å²) >= 11 is 1.87. The molecule has 0 bridgehead atoms. The molecule has 0 saturated carbocycles. The molecule has 1 aromatic heterocycles. The maximum atomic E-state index is 4.13. The molecule has 106 valence electrons. The SMILES string of the molecule is c1ccc(SCCCc2nnnn2-c2ccccc2)cc1. The first kappa shape index (κ1) is 13.8. The van der Waals surface area contributed by atoms with Crippen molar-refractivity contribution >= 4 is 11.8 Å². The first-order valence-electron chi connectivity index (χ1n) is 6.94. The molecule has 21 heavy (non-hydrogen) atoms. The topological polar surface area (TPSA) is 43.6 Å². The molecule has 4 nitrogen and oxygen atoms in total. The smallest absolute Gasteiger partial charge is 0.156 e. The summed E-state index contributed by atoms with van der Waals surface area (Å²) in [4.78, 5) is 1.31. The second kappa shape index (κ2) is 7.04. The van der Waals surface area contributed by atoms with E-state index in [0.29, 0.717) is 0 Å². The Hall–Kier alpha value is -2.14. The summed E-state index contributed by atoms with van der Waals surface area (Å²) in [5.41, 5.74) is 1.01. The predicted octanol–water partition coefficient (Wildman–Crippen LogP) is 3.39. The summed E-state index contributed by atoms with van der Waals surface area (Å²) in [6, 6.07) is 20.4. The average molecular weight is 296 g/mol. The zero-order valence-corrected chi connectivity index (χ0v) is 12.4. The molecule has 0 aliphatic carbocycles. The van der Waals surface area contributed by atoms with Crippen LogP contribution in [-0.2, 0) is 6.42 Å². The Bertz CT molecular complexity index is 667. The zero-order valence-electron chi connectivity index (χ0n) is 11.6. The zero-order chi connectivity index (χ0) is 14.3. The molecule has 3 aromatic rings. The molecular weight excluding hydrogens is 280 g/mol. The summed E-state index contributed by atoms with van der Waals surface area (Å²) in [5.74, 6) is 1.97. The van der Waals surface area contributed by atoms with Crippen molar-refractivity contribution in [2.45, 2.75) is 17.7 Å². The molecule has 2 aromatic carbocycles. The highest BCUT2D eigenvalue weighted by Crippen LogP contribution is 2.18. The van der Waals surface area contributed by atoms with Gasteiger partial charge in [-0.1, -0.05) is 36.4 Å². The molecule has 0 fully saturated rings. The third kappa shape index (κ3) is 3.70. The van der Waals surface area contributed by atoms with Crippen LogP contribution in [0.25, 0.3) is 5.69 Å². The number of hydrogen-bond donors (Lipinski definition) is 0. The Labute approximate surface area is 128 Å². The van der Waals surface area contributed by atoms with E-state index in [-0.39, 0.29) is 0 Å². The lowest BCUT2D eigenvalue weighted by molar-refractivity contribution is 0.747. The van der Waals surface area contributed by atoms with Gasteiger partial charge in [-0.2, -0.15) is 4.68 Å². The second-order valence-electron chi connectivity index (χ2n) is 4.61. The Morgan fingerprint density at radius 2 is 1.62 bits per heavy atom. The van der Waals surface area contributed by atoms with E-state index >= 15 is 0 Å². The molecular formula is C16H16N4S. The van der Waals surface area contributed by atoms with Crippen molar-refractivity contribution in [2.75, 3.05) is 5.75 Å². The summed E-state index contributed by atoms with van der Waals surface area (Å²) < 4.78 is 1.81. The maximum absolute atomic E-state index is 4.13. The normalized spacial score (nSPS) is 10.7. The van der Waals surface area contributed by atoms with Gasteiger partial charge in [-0.05, 0) is 46.9 Å². The number of para-hydroxylation sites is 1. The van der Waals surface area contributed by atoms with E-state index < -0.39 is 0 Å². The molecule has 0 aliphatic rings. The fourth-order valence-corrected chi connectivity index (χ4v) is 2.94. The third-order valence-corrected chi connectivity index (χ3v) is 4.19. The van der Waals surface area contributed by atoms with Gasteiger partial charge in [0.25, 0.3) is 0 Å². The summed E-state index contributed by atoms with van der Waals surface area (Å²) in [6.45, 7) is 0. The van der Waals surface area contributed by atoms with Crippen molar-refractivity contribution in [3.63, 3.8) is 0 Å². The fraction of sp³-hybridized carbons (Fsp3) is 0.188. The Balaban J connectivity index is 1.56. The highest BCUT2D eigenvalue weighted by molar-refractivity contribution is 7.99. The third-order valence-electron chi connectivity index (χ3n) is 3.09. The van der Waals surface area contributed by atoms with Crippen LogP contribution in [-0.4, -0.2) is 26.0 Å². The lowest BCUT2D eigenvalue weighted by Gasteiger charge is -2.04. The standard InChI is InChI=1S/C16H16N4S/c1-3-8-14(9-4-1)20-16(17-18-19-20)12-7-13-21-15-10-5-2-6-11-15/h1-6,8-11H,7,12-13H2. The first-order valence-corrected chi connectivity index (χ1v) is 7.92. The maximum Gasteiger partial charge on any atom is 0.156 e. The number of rotatable bonds is 6. The van der Waals surface area contributed by atoms with E-state index in [9.17, 15) is 0 Å². The Morgan fingerprint density at radius 1 is 0.905 bits per heavy atom. The Kier molecular flexibility index (Phi) is 4.63. The van der Waals surface area contributed by atoms with Crippen LogP contribution in [0.2, 0.25) is 0 Å². The number of tetrazole rings is 1. The van der Waals surface area contributed by atoms with Gasteiger partial charge in [-0.25, -0.2) is 0 Å². The van der Waals surface area contributed by atoms with E-state index in [2.05, 4.69) is 39.8 Å². The van der Waals surface area contributed by atoms with Crippen molar-refractivity contribution in [1.82, 2.24) is 20.2 Å². The van der Waals surface area contributed by atoms with E-state index in [1.807, 2.05) is 52.8 Å². The van der Waals surface area contributed by atoms with E-state index in [4.69, 9.17) is 0 Å². The second-order valence-corrected chi connectivity index (χ2v) is 5.78. The van der Waals surface area contributed by atoms with Gasteiger partial charge in [0.05, 0.1) is 5.69 Å². The number of nitrogens with zero attached hydrogens (tertiary/aromatic N) is 4. The van der Waals surface area contributed by atoms with Crippen molar-refractivity contribution < 1.29 is 0 Å². The highest BCUT2D eigenvalue weighted by atomic mass is 32.2. The predicted molar refractivity (Wildman–Crippen MR) is 84.6 cm³/mol. The first-order chi connectivity index (χ1) is 10.4. The molecule has 0 saturated heterocycles. The van der Waals surface area contributed by atoms with Crippen molar-refractivity contribution in [3.8, 4) is 5.69 Å². The van der Waals surface area contributed by atoms with Crippen LogP contribution < -0.4 is 0 Å². The monoisotopic (exact) mass is 296 g/mol. The Morgan fingerprint density at radius 3 is 2.38 bits per heavy atom. The largest absolute Gasteiger partial charge is 0.197 e. The molecule has 0 atom stereocenters. The van der Waals surface area contributed by atoms with E-state index in [1.165, 1.54) is 4.90 Å². The fourth-order valence-electron chi connectivity index (χ4n) is 2.07. The minimum atomic E-state index is 0.877.